The number of hydrogen-bond donors (Lipinski definition) is 5. The van der Waals surface area contributed by atoms with E-state index in [0.29, 0.717) is 13.0 Å². The van der Waals surface area contributed by atoms with Gasteiger partial charge in [-0.2, -0.15) is 13.2 Å². The fraction of sp³-hybridized carbons (Fsp3) is 0.444. The summed E-state index contributed by atoms with van der Waals surface area (Å²) in [7, 11) is 0. The second-order valence-corrected chi connectivity index (χ2v) is 6.55. The van der Waals surface area contributed by atoms with Gasteiger partial charge in [0.2, 0.25) is 5.91 Å². The number of carboxylic acids is 2. The molecule has 0 bridgehead atoms. The lowest BCUT2D eigenvalue weighted by Gasteiger charge is -2.24. The third kappa shape index (κ3) is 8.80. The number of nitrogens with two attached hydrogens (primary N) is 2. The number of guanidine groups is 1. The van der Waals surface area contributed by atoms with Crippen molar-refractivity contribution in [1.82, 2.24) is 0 Å². The summed E-state index contributed by atoms with van der Waals surface area (Å²) in [5, 5.41) is 18.8. The molecule has 1 aliphatic heterocycles. The highest BCUT2D eigenvalue weighted by atomic mass is 19.4. The molecule has 9 nitrogen and oxygen atoms in total. The molecule has 0 fully saturated rings. The van der Waals surface area contributed by atoms with E-state index in [4.69, 9.17) is 26.5 Å². The summed E-state index contributed by atoms with van der Waals surface area (Å²) < 4.78 is 31.7. The van der Waals surface area contributed by atoms with Crippen molar-refractivity contribution in [1.29, 1.82) is 0 Å². The van der Waals surface area contributed by atoms with Gasteiger partial charge in [0.1, 0.15) is 0 Å². The molecule has 30 heavy (non-hydrogen) atoms. The van der Waals surface area contributed by atoms with E-state index in [1.807, 2.05) is 18.2 Å². The van der Waals surface area contributed by atoms with Crippen LogP contribution >= 0.6 is 0 Å². The average Bonchev–Trinajstić information content (AvgIpc) is 2.61. The Labute approximate surface area is 170 Å². The number of benzene rings is 1. The maximum absolute atomic E-state index is 12.0. The lowest BCUT2D eigenvalue weighted by molar-refractivity contribution is -0.192. The number of aliphatic carboxylic acids is 2. The van der Waals surface area contributed by atoms with Gasteiger partial charge in [-0.15, -0.1) is 0 Å². The van der Waals surface area contributed by atoms with Crippen LogP contribution in [0, 0.1) is 5.92 Å². The second kappa shape index (κ2) is 11.0. The van der Waals surface area contributed by atoms with E-state index in [1.54, 1.807) is 0 Å². The van der Waals surface area contributed by atoms with E-state index in [2.05, 4.69) is 10.3 Å². The summed E-state index contributed by atoms with van der Waals surface area (Å²) >= 11 is 0. The van der Waals surface area contributed by atoms with Crippen LogP contribution in [-0.2, 0) is 27.2 Å². The molecule has 0 radical (unpaired) electrons. The maximum atomic E-state index is 12.0. The smallest absolute Gasteiger partial charge is 0.481 e. The molecule has 1 heterocycles. The summed E-state index contributed by atoms with van der Waals surface area (Å²) in [5.74, 6) is -4.31. The van der Waals surface area contributed by atoms with Crippen LogP contribution in [0.5, 0.6) is 0 Å². The van der Waals surface area contributed by atoms with Crippen LogP contribution in [0.4, 0.5) is 18.9 Å². The Morgan fingerprint density at radius 1 is 1.20 bits per heavy atom. The number of aryl methyl sites for hydroxylation is 1. The van der Waals surface area contributed by atoms with Gasteiger partial charge in [-0.3, -0.25) is 14.6 Å². The van der Waals surface area contributed by atoms with Crippen LogP contribution in [0.3, 0.4) is 0 Å². The third-order valence-corrected chi connectivity index (χ3v) is 4.10. The van der Waals surface area contributed by atoms with Crippen LogP contribution in [0.2, 0.25) is 0 Å². The van der Waals surface area contributed by atoms with Gasteiger partial charge < -0.3 is 27.0 Å². The molecule has 1 amide bonds. The van der Waals surface area contributed by atoms with Crippen LogP contribution < -0.4 is 16.8 Å². The van der Waals surface area contributed by atoms with Gasteiger partial charge in [0, 0.05) is 12.2 Å². The minimum atomic E-state index is -5.08. The first-order chi connectivity index (χ1) is 13.9. The first kappa shape index (κ1) is 24.7. The minimum absolute atomic E-state index is 0.109. The number of hydrogen-bond acceptors (Lipinski definition) is 4. The van der Waals surface area contributed by atoms with Crippen LogP contribution in [0.25, 0.3) is 0 Å². The van der Waals surface area contributed by atoms with E-state index in [1.165, 1.54) is 0 Å². The zero-order valence-corrected chi connectivity index (χ0v) is 15.9. The highest BCUT2D eigenvalue weighted by Crippen LogP contribution is 2.28. The number of carbonyl (C=O) groups is 3. The Balaban J connectivity index is 0.000000553. The van der Waals surface area contributed by atoms with E-state index in [-0.39, 0.29) is 18.3 Å². The number of rotatable bonds is 7. The van der Waals surface area contributed by atoms with Crippen molar-refractivity contribution in [2.24, 2.45) is 22.4 Å². The molecule has 0 spiro atoms. The van der Waals surface area contributed by atoms with Gasteiger partial charge in [0.05, 0.1) is 12.3 Å². The number of carbonyl (C=O) groups excluding carboxylic acids is 1. The number of alkyl halides is 3. The number of fused-ring (bicyclic) bond motifs is 1. The predicted octanol–water partition coefficient (Wildman–Crippen LogP) is 1.50. The van der Waals surface area contributed by atoms with Crippen molar-refractivity contribution in [2.75, 3.05) is 11.9 Å². The molecule has 0 saturated carbocycles. The SMILES string of the molecule is NC(N)=NCCCCc1ccc2c(c1)NC(=O)C(CC(=O)O)C2.O=C(O)C(F)(F)F. The fourth-order valence-corrected chi connectivity index (χ4v) is 2.69. The Morgan fingerprint density at radius 2 is 1.83 bits per heavy atom. The molecule has 1 unspecified atom stereocenters. The number of anilines is 1. The quantitative estimate of drug-likeness (QED) is 0.247. The minimum Gasteiger partial charge on any atom is -0.481 e. The van der Waals surface area contributed by atoms with Gasteiger partial charge in [-0.05, 0) is 42.9 Å². The Kier molecular flexibility index (Phi) is 9.09. The molecule has 1 atom stereocenters. The first-order valence-corrected chi connectivity index (χ1v) is 8.90. The predicted molar refractivity (Wildman–Crippen MR) is 102 cm³/mol. The third-order valence-electron chi connectivity index (χ3n) is 4.10. The molecule has 1 aromatic carbocycles. The van der Waals surface area contributed by atoms with Crippen LogP contribution in [0.1, 0.15) is 30.4 Å². The molecular weight excluding hydrogens is 409 g/mol. The number of unbranched alkanes of at least 4 members (excludes halogenated alkanes) is 1. The number of carboxylic acid groups (broad SMARTS) is 2. The number of nitrogens with one attached hydrogen (secondary N) is 1. The summed E-state index contributed by atoms with van der Waals surface area (Å²) in [6.07, 6.45) is -2.04. The topological polar surface area (TPSA) is 168 Å². The lowest BCUT2D eigenvalue weighted by atomic mass is 9.89. The normalized spacial score (nSPS) is 15.2. The highest BCUT2D eigenvalue weighted by Gasteiger charge is 2.38. The Morgan fingerprint density at radius 3 is 2.37 bits per heavy atom. The van der Waals surface area contributed by atoms with Crippen molar-refractivity contribution >= 4 is 29.5 Å². The molecule has 1 aromatic rings. The second-order valence-electron chi connectivity index (χ2n) is 6.55. The average molecular weight is 432 g/mol. The molecule has 166 valence electrons. The molecular formula is C18H23F3N4O5. The maximum Gasteiger partial charge on any atom is 0.490 e. The first-order valence-electron chi connectivity index (χ1n) is 8.90. The highest BCUT2D eigenvalue weighted by molar-refractivity contribution is 5.97. The Bertz CT molecular complexity index is 808. The van der Waals surface area contributed by atoms with Gasteiger partial charge >= 0.3 is 18.1 Å². The number of aliphatic imine (C=N–C) groups is 1. The van der Waals surface area contributed by atoms with Gasteiger partial charge in [-0.1, -0.05) is 12.1 Å². The number of halogens is 3. The molecule has 12 heteroatoms. The van der Waals surface area contributed by atoms with Gasteiger partial charge in [0.25, 0.3) is 0 Å². The molecule has 0 aromatic heterocycles. The molecule has 1 aliphatic rings. The van der Waals surface area contributed by atoms with Crippen LogP contribution in [0.15, 0.2) is 23.2 Å². The van der Waals surface area contributed by atoms with Gasteiger partial charge in [-0.25, -0.2) is 4.79 Å². The van der Waals surface area contributed by atoms with Crippen molar-refractivity contribution in [3.63, 3.8) is 0 Å². The van der Waals surface area contributed by atoms with Crippen molar-refractivity contribution in [2.45, 2.75) is 38.3 Å². The van der Waals surface area contributed by atoms with Crippen molar-refractivity contribution in [3.8, 4) is 0 Å². The summed E-state index contributed by atoms with van der Waals surface area (Å²) in [4.78, 5) is 35.6. The van der Waals surface area contributed by atoms with E-state index in [9.17, 15) is 22.8 Å². The van der Waals surface area contributed by atoms with Crippen molar-refractivity contribution < 1.29 is 37.8 Å². The molecule has 2 rings (SSSR count). The van der Waals surface area contributed by atoms with Crippen molar-refractivity contribution in [3.05, 3.63) is 29.3 Å². The summed E-state index contributed by atoms with van der Waals surface area (Å²) in [6, 6.07) is 5.95. The number of nitrogens with zero attached hydrogens (tertiary/aromatic N) is 1. The Hall–Kier alpha value is -3.31. The largest absolute Gasteiger partial charge is 0.490 e. The summed E-state index contributed by atoms with van der Waals surface area (Å²) in [6.45, 7) is 0.612. The zero-order valence-electron chi connectivity index (χ0n) is 15.9. The fourth-order valence-electron chi connectivity index (χ4n) is 2.69. The number of amides is 1. The molecule has 7 N–H and O–H groups in total. The van der Waals surface area contributed by atoms with Crippen LogP contribution in [-0.4, -0.2) is 46.7 Å². The molecule has 0 aliphatic carbocycles. The summed E-state index contributed by atoms with van der Waals surface area (Å²) in [5.41, 5.74) is 13.4. The lowest BCUT2D eigenvalue weighted by Crippen LogP contribution is -2.31. The zero-order chi connectivity index (χ0) is 22.9. The monoisotopic (exact) mass is 432 g/mol. The van der Waals surface area contributed by atoms with Gasteiger partial charge in [0.15, 0.2) is 5.96 Å². The molecule has 0 saturated heterocycles. The van der Waals surface area contributed by atoms with E-state index >= 15 is 0 Å². The van der Waals surface area contributed by atoms with E-state index in [0.717, 1.165) is 36.1 Å². The van der Waals surface area contributed by atoms with E-state index < -0.39 is 24.0 Å². The standard InChI is InChI=1S/C16H22N4O3.C2HF3O2/c17-16(18)19-6-2-1-3-10-4-5-11-8-12(9-14(21)22)15(23)20-13(11)7-10;3-2(4,5)1(6)7/h4-5,7,12H,1-3,6,8-9H2,(H,20,23)(H,21,22)(H4,17,18,19);(H,6,7).